The van der Waals surface area contributed by atoms with E-state index in [1.54, 1.807) is 12.1 Å². The number of amidine groups is 1. The van der Waals surface area contributed by atoms with Gasteiger partial charge in [-0.1, -0.05) is 60.7 Å². The van der Waals surface area contributed by atoms with Crippen molar-refractivity contribution in [3.63, 3.8) is 0 Å². The van der Waals surface area contributed by atoms with Gasteiger partial charge in [-0.15, -0.1) is 0 Å². The zero-order valence-corrected chi connectivity index (χ0v) is 16.9. The van der Waals surface area contributed by atoms with E-state index >= 15 is 0 Å². The number of nitrogens with one attached hydrogen (secondary N) is 1. The summed E-state index contributed by atoms with van der Waals surface area (Å²) in [6.45, 7) is 0.483. The zero-order valence-electron chi connectivity index (χ0n) is 15.8. The van der Waals surface area contributed by atoms with Gasteiger partial charge in [0.25, 0.3) is 6.02 Å². The van der Waals surface area contributed by atoms with Crippen molar-refractivity contribution in [1.82, 2.24) is 5.09 Å². The number of benzene rings is 3. The van der Waals surface area contributed by atoms with E-state index in [0.717, 1.165) is 16.8 Å². The Morgan fingerprint density at radius 1 is 1.00 bits per heavy atom. The highest BCUT2D eigenvalue weighted by atomic mass is 31.0. The summed E-state index contributed by atoms with van der Waals surface area (Å²) in [7, 11) is 2.35. The second-order valence-corrected chi connectivity index (χ2v) is 6.92. The first kappa shape index (κ1) is 19.3. The average molecular weight is 405 g/mol. The fraction of sp³-hybridized carbons (Fsp3) is 0.130. The van der Waals surface area contributed by atoms with Crippen LogP contribution in [0.3, 0.4) is 0 Å². The molecule has 1 aliphatic heterocycles. The van der Waals surface area contributed by atoms with Gasteiger partial charge in [-0.3, -0.25) is 0 Å². The first-order valence-electron chi connectivity index (χ1n) is 9.41. The van der Waals surface area contributed by atoms with Gasteiger partial charge in [0.1, 0.15) is 5.82 Å². The topological polar surface area (TPSA) is 46.0 Å². The molecule has 0 aromatic heterocycles. The molecule has 146 valence electrons. The molecule has 2 atom stereocenters. The Kier molecular flexibility index (Phi) is 5.97. The van der Waals surface area contributed by atoms with Crippen LogP contribution in [0.4, 0.5) is 10.1 Å². The molecule has 1 heterocycles. The van der Waals surface area contributed by atoms with Crippen molar-refractivity contribution in [3.8, 4) is 0 Å². The normalized spacial score (nSPS) is 15.8. The van der Waals surface area contributed by atoms with Crippen molar-refractivity contribution in [2.45, 2.75) is 12.5 Å². The van der Waals surface area contributed by atoms with Gasteiger partial charge in [0.2, 0.25) is 0 Å². The Morgan fingerprint density at radius 3 is 2.28 bits per heavy atom. The Balaban J connectivity index is 1.77. The molecule has 0 spiro atoms. The maximum absolute atomic E-state index is 14.6. The Morgan fingerprint density at radius 2 is 1.66 bits per heavy atom. The molecule has 0 radical (unpaired) electrons. The number of rotatable bonds is 4. The smallest absolute Gasteiger partial charge is 0.288 e. The van der Waals surface area contributed by atoms with E-state index in [0.29, 0.717) is 30.3 Å². The van der Waals surface area contributed by atoms with Crippen LogP contribution in [0.1, 0.15) is 29.2 Å². The maximum Gasteiger partial charge on any atom is 0.288 e. The van der Waals surface area contributed by atoms with Gasteiger partial charge in [0, 0.05) is 23.1 Å². The molecule has 3 aromatic carbocycles. The van der Waals surface area contributed by atoms with Crippen molar-refractivity contribution in [2.75, 3.05) is 6.61 Å². The predicted molar refractivity (Wildman–Crippen MR) is 118 cm³/mol. The number of aliphatic imine (C=N–C) groups is 2. The van der Waals surface area contributed by atoms with Gasteiger partial charge < -0.3 is 9.82 Å². The van der Waals surface area contributed by atoms with E-state index in [1.807, 2.05) is 60.7 Å². The van der Waals surface area contributed by atoms with Crippen LogP contribution in [0.15, 0.2) is 88.8 Å². The number of ether oxygens (including phenoxy) is 1. The molecular weight excluding hydrogens is 384 g/mol. The van der Waals surface area contributed by atoms with E-state index in [9.17, 15) is 4.39 Å². The minimum Gasteiger partial charge on any atom is -0.465 e. The van der Waals surface area contributed by atoms with Crippen LogP contribution in [-0.4, -0.2) is 18.3 Å². The highest BCUT2D eigenvalue weighted by Gasteiger charge is 2.21. The lowest BCUT2D eigenvalue weighted by molar-refractivity contribution is 0.252. The first-order chi connectivity index (χ1) is 14.2. The van der Waals surface area contributed by atoms with E-state index in [-0.39, 0.29) is 11.9 Å². The van der Waals surface area contributed by atoms with E-state index in [1.165, 1.54) is 6.07 Å². The lowest BCUT2D eigenvalue weighted by Crippen LogP contribution is -2.24. The molecule has 0 saturated heterocycles. The standard InChI is InChI=1S/C23H21FN3OP/c24-20-12-11-18(15-19(20)21-13-14-28-23(26-21)27-29)25-22(16-7-3-1-4-8-16)17-9-5-2-6-10-17/h1-12,15,21H,13-14,29H2,(H,26,27). The van der Waals surface area contributed by atoms with Crippen molar-refractivity contribution in [3.05, 3.63) is 101 Å². The summed E-state index contributed by atoms with van der Waals surface area (Å²) in [5.74, 6) is -0.288. The minimum atomic E-state index is -0.307. The number of nitrogens with zero attached hydrogens (tertiary/aromatic N) is 2. The number of halogens is 1. The largest absolute Gasteiger partial charge is 0.465 e. The Bertz CT molecular complexity index is 997. The monoisotopic (exact) mass is 405 g/mol. The fourth-order valence-electron chi connectivity index (χ4n) is 3.29. The maximum atomic E-state index is 14.6. The molecule has 3 aromatic rings. The van der Waals surface area contributed by atoms with Gasteiger partial charge in [0.15, 0.2) is 0 Å². The second kappa shape index (κ2) is 8.97. The van der Waals surface area contributed by atoms with Crippen molar-refractivity contribution < 1.29 is 9.13 Å². The third-order valence-electron chi connectivity index (χ3n) is 4.70. The molecule has 0 saturated carbocycles. The summed E-state index contributed by atoms with van der Waals surface area (Å²) in [5.41, 5.74) is 4.05. The number of hydrogen-bond acceptors (Lipinski definition) is 4. The van der Waals surface area contributed by atoms with Crippen LogP contribution < -0.4 is 5.09 Å². The fourth-order valence-corrected chi connectivity index (χ4v) is 3.45. The lowest BCUT2D eigenvalue weighted by Gasteiger charge is -2.21. The van der Waals surface area contributed by atoms with Crippen molar-refractivity contribution in [2.24, 2.45) is 9.98 Å². The van der Waals surface area contributed by atoms with Gasteiger partial charge in [-0.25, -0.2) is 14.4 Å². The highest BCUT2D eigenvalue weighted by Crippen LogP contribution is 2.30. The quantitative estimate of drug-likeness (QED) is 0.480. The molecule has 29 heavy (non-hydrogen) atoms. The highest BCUT2D eigenvalue weighted by molar-refractivity contribution is 7.15. The lowest BCUT2D eigenvalue weighted by atomic mass is 10.0. The Hall–Kier alpha value is -3.04. The van der Waals surface area contributed by atoms with Crippen LogP contribution >= 0.6 is 9.39 Å². The van der Waals surface area contributed by atoms with Gasteiger partial charge >= 0.3 is 0 Å². The summed E-state index contributed by atoms with van der Waals surface area (Å²) in [6.07, 6.45) is 0.615. The molecule has 2 unspecified atom stereocenters. The van der Waals surface area contributed by atoms with Gasteiger partial charge in [-0.2, -0.15) is 0 Å². The Labute approximate surface area is 171 Å². The molecule has 0 aliphatic carbocycles. The summed E-state index contributed by atoms with van der Waals surface area (Å²) in [5, 5.41) is 2.81. The summed E-state index contributed by atoms with van der Waals surface area (Å²) >= 11 is 0. The third-order valence-corrected chi connectivity index (χ3v) is 4.95. The average Bonchev–Trinajstić information content (AvgIpc) is 2.79. The minimum absolute atomic E-state index is 0.288. The van der Waals surface area contributed by atoms with E-state index in [2.05, 4.69) is 19.5 Å². The zero-order chi connectivity index (χ0) is 20.1. The molecule has 0 amide bonds. The molecule has 0 fully saturated rings. The summed E-state index contributed by atoms with van der Waals surface area (Å²) < 4.78 is 20.0. The molecule has 4 rings (SSSR count). The summed E-state index contributed by atoms with van der Waals surface area (Å²) in [4.78, 5) is 9.33. The van der Waals surface area contributed by atoms with Crippen molar-refractivity contribution in [1.29, 1.82) is 0 Å². The van der Waals surface area contributed by atoms with Crippen LogP contribution in [0, 0.1) is 5.82 Å². The molecule has 1 aliphatic rings. The van der Waals surface area contributed by atoms with E-state index in [4.69, 9.17) is 9.73 Å². The molecular formula is C23H21FN3OP. The van der Waals surface area contributed by atoms with Crippen LogP contribution in [0.25, 0.3) is 0 Å². The molecule has 0 bridgehead atoms. The van der Waals surface area contributed by atoms with Crippen LogP contribution in [0.2, 0.25) is 0 Å². The molecule has 6 heteroatoms. The van der Waals surface area contributed by atoms with Crippen molar-refractivity contribution >= 4 is 26.8 Å². The first-order valence-corrected chi connectivity index (χ1v) is 9.98. The van der Waals surface area contributed by atoms with Gasteiger partial charge in [0.05, 0.1) is 24.0 Å². The second-order valence-electron chi connectivity index (χ2n) is 6.63. The van der Waals surface area contributed by atoms with E-state index < -0.39 is 0 Å². The van der Waals surface area contributed by atoms with Crippen LogP contribution in [0.5, 0.6) is 0 Å². The summed E-state index contributed by atoms with van der Waals surface area (Å²) in [6, 6.07) is 25.0. The molecule has 4 nitrogen and oxygen atoms in total. The van der Waals surface area contributed by atoms with Crippen LogP contribution in [-0.2, 0) is 4.74 Å². The SMILES string of the molecule is Fc1ccc(N=C(c2ccccc2)c2ccccc2)cc1C1CCOC(NP)=N1. The van der Waals surface area contributed by atoms with Gasteiger partial charge in [-0.05, 0) is 27.6 Å². The third kappa shape index (κ3) is 4.52. The number of hydrogen-bond donors (Lipinski definition) is 1. The predicted octanol–water partition coefficient (Wildman–Crippen LogP) is 5.19. The molecule has 1 N–H and O–H groups in total.